The summed E-state index contributed by atoms with van der Waals surface area (Å²) in [6.07, 6.45) is -0.469. The molecule has 2 aromatic carbocycles. The number of fused-ring (bicyclic) bond motifs is 1. The molecular formula is C23H27F3N4O3. The summed E-state index contributed by atoms with van der Waals surface area (Å²) in [6, 6.07) is 13.4. The number of ether oxygens (including phenoxy) is 1. The predicted octanol–water partition coefficient (Wildman–Crippen LogP) is 5.31. The first kappa shape index (κ1) is 25.8. The molecule has 0 amide bonds. The lowest BCUT2D eigenvalue weighted by Crippen LogP contribution is -2.16. The van der Waals surface area contributed by atoms with Crippen LogP contribution in [0.25, 0.3) is 11.8 Å². The second-order valence-electron chi connectivity index (χ2n) is 6.89. The fourth-order valence-electron chi connectivity index (χ4n) is 2.92. The minimum atomic E-state index is -4.60. The Morgan fingerprint density at radius 2 is 1.82 bits per heavy atom. The lowest BCUT2D eigenvalue weighted by Gasteiger charge is -2.17. The second-order valence-corrected chi connectivity index (χ2v) is 6.89. The van der Waals surface area contributed by atoms with E-state index >= 15 is 0 Å². The molecule has 0 aliphatic carbocycles. The summed E-state index contributed by atoms with van der Waals surface area (Å²) in [5.74, 6) is 0.368. The van der Waals surface area contributed by atoms with E-state index in [1.54, 1.807) is 36.7 Å². The maximum atomic E-state index is 11.6. The van der Waals surface area contributed by atoms with Gasteiger partial charge in [-0.05, 0) is 45.0 Å². The summed E-state index contributed by atoms with van der Waals surface area (Å²) in [5.41, 5.74) is 6.99. The Morgan fingerprint density at radius 3 is 2.42 bits per heavy atom. The van der Waals surface area contributed by atoms with Crippen molar-refractivity contribution in [2.45, 2.75) is 27.1 Å². The number of hydrogen-bond acceptors (Lipinski definition) is 6. The van der Waals surface area contributed by atoms with Crippen LogP contribution in [0.1, 0.15) is 23.7 Å². The first-order chi connectivity index (χ1) is 15.7. The van der Waals surface area contributed by atoms with Crippen molar-refractivity contribution in [2.24, 2.45) is 0 Å². The zero-order valence-corrected chi connectivity index (χ0v) is 18.5. The Morgan fingerprint density at radius 1 is 1.15 bits per heavy atom. The van der Waals surface area contributed by atoms with E-state index in [2.05, 4.69) is 32.8 Å². The smallest absolute Gasteiger partial charge is 0.406 e. The Kier molecular flexibility index (Phi) is 9.31. The van der Waals surface area contributed by atoms with Crippen LogP contribution in [-0.2, 0) is 0 Å². The van der Waals surface area contributed by atoms with Gasteiger partial charge in [0.25, 0.3) is 0 Å². The van der Waals surface area contributed by atoms with Crippen molar-refractivity contribution in [3.63, 3.8) is 0 Å². The number of aliphatic hydroxyl groups excluding tert-OH is 1. The van der Waals surface area contributed by atoms with E-state index in [1.807, 2.05) is 25.1 Å². The first-order valence-electron chi connectivity index (χ1n) is 10.1. The number of hydrogen-bond donors (Lipinski definition) is 4. The third-order valence-electron chi connectivity index (χ3n) is 4.21. The number of nitrogens with zero attached hydrogens (tertiary/aromatic N) is 2. The molecule has 1 aliphatic rings. The molecule has 7 nitrogen and oxygen atoms in total. The van der Waals surface area contributed by atoms with Gasteiger partial charge >= 0.3 is 6.36 Å². The molecule has 4 N–H and O–H groups in total. The van der Waals surface area contributed by atoms with Crippen molar-refractivity contribution in [1.29, 1.82) is 0 Å². The van der Waals surface area contributed by atoms with Gasteiger partial charge < -0.3 is 15.2 Å². The number of anilines is 2. The van der Waals surface area contributed by atoms with E-state index in [0.29, 0.717) is 5.82 Å². The monoisotopic (exact) mass is 464 g/mol. The fourth-order valence-corrected chi connectivity index (χ4v) is 2.92. The topological polar surface area (TPSA) is 91.6 Å². The van der Waals surface area contributed by atoms with Crippen molar-refractivity contribution < 1.29 is 28.2 Å². The van der Waals surface area contributed by atoms with Gasteiger partial charge in [0.05, 0.1) is 11.4 Å². The zero-order chi connectivity index (χ0) is 24.4. The molecule has 0 atom stereocenters. The summed E-state index contributed by atoms with van der Waals surface area (Å²) >= 11 is 0. The molecule has 0 saturated carbocycles. The molecule has 1 aromatic heterocycles. The van der Waals surface area contributed by atoms with Crippen LogP contribution < -0.4 is 15.5 Å². The van der Waals surface area contributed by atoms with Gasteiger partial charge in [0.15, 0.2) is 5.82 Å². The van der Waals surface area contributed by atoms with E-state index in [0.717, 1.165) is 34.7 Å². The minimum absolute atomic E-state index is 0.187. The average Bonchev–Trinajstić information content (AvgIpc) is 3.15. The van der Waals surface area contributed by atoms with Crippen LogP contribution in [-0.4, -0.2) is 39.6 Å². The van der Waals surface area contributed by atoms with Crippen LogP contribution in [0.4, 0.5) is 24.7 Å². The summed E-state index contributed by atoms with van der Waals surface area (Å²) < 4.78 is 40.2. The van der Waals surface area contributed by atoms with Gasteiger partial charge in [-0.15, -0.1) is 13.2 Å². The number of aryl methyl sites for hydroxylation is 2. The van der Waals surface area contributed by atoms with Gasteiger partial charge in [-0.25, -0.2) is 4.68 Å². The van der Waals surface area contributed by atoms with E-state index in [9.17, 15) is 13.2 Å². The number of aromatic nitrogens is 2. The Balaban J connectivity index is 0.000000223. The molecule has 4 rings (SSSR count). The third kappa shape index (κ3) is 7.85. The van der Waals surface area contributed by atoms with Crippen LogP contribution >= 0.6 is 0 Å². The molecule has 0 radical (unpaired) electrons. The quantitative estimate of drug-likeness (QED) is 0.393. The highest BCUT2D eigenvalue weighted by atomic mass is 19.4. The number of nitrogens with one attached hydrogen (secondary N) is 2. The molecule has 1 aliphatic heterocycles. The lowest BCUT2D eigenvalue weighted by molar-refractivity contribution is -0.274. The van der Waals surface area contributed by atoms with Crippen molar-refractivity contribution in [1.82, 2.24) is 9.78 Å². The first-order valence-corrected chi connectivity index (χ1v) is 10.1. The normalized spacial score (nSPS) is 11.8. The molecule has 0 spiro atoms. The molecule has 0 fully saturated rings. The van der Waals surface area contributed by atoms with Crippen molar-refractivity contribution >= 4 is 17.6 Å². The molecule has 10 heteroatoms. The molecule has 0 saturated heterocycles. The van der Waals surface area contributed by atoms with Gasteiger partial charge in [0, 0.05) is 30.5 Å². The fraction of sp³-hybridized carbons (Fsp3) is 0.261. The highest BCUT2D eigenvalue weighted by Crippen LogP contribution is 2.29. The molecule has 33 heavy (non-hydrogen) atoms. The van der Waals surface area contributed by atoms with Gasteiger partial charge in [-0.2, -0.15) is 5.10 Å². The Bertz CT molecular complexity index is 1050. The van der Waals surface area contributed by atoms with E-state index in [1.165, 1.54) is 12.1 Å². The summed E-state index contributed by atoms with van der Waals surface area (Å²) in [6.45, 7) is 6.44. The molecule has 0 unspecified atom stereocenters. The van der Waals surface area contributed by atoms with Crippen LogP contribution in [0.15, 0.2) is 54.6 Å². The Labute approximate surface area is 190 Å². The highest BCUT2D eigenvalue weighted by molar-refractivity contribution is 5.77. The second kappa shape index (κ2) is 11.9. The van der Waals surface area contributed by atoms with Crippen LogP contribution in [0.2, 0.25) is 0 Å². The summed E-state index contributed by atoms with van der Waals surface area (Å²) in [4.78, 5) is 0. The van der Waals surface area contributed by atoms with Crippen LogP contribution in [0.5, 0.6) is 5.75 Å². The molecule has 178 valence electrons. The maximum absolute atomic E-state index is 11.6. The summed E-state index contributed by atoms with van der Waals surface area (Å²) in [5, 5.41) is 24.4. The van der Waals surface area contributed by atoms with Crippen molar-refractivity contribution in [3.05, 3.63) is 71.4 Å². The van der Waals surface area contributed by atoms with Crippen LogP contribution in [0.3, 0.4) is 0 Å². The highest BCUT2D eigenvalue weighted by Gasteiger charge is 2.30. The Hall–Kier alpha value is -3.50. The standard InChI is InChI=1S/C13H14N4O.C8H7F3O.C2H6O/c1-9-8-13(16-18)17(15-9)12-6-2-5-11-10(12)4-3-7-14-11;1-6-2-4-7(5-3-6)12-8(9,10)11;1-2-3/h2-6,8,14,16,18H,7H2,1H3;2-5H,1H3;3H,2H2,1H3. The zero-order valence-electron chi connectivity index (χ0n) is 18.5. The van der Waals surface area contributed by atoms with Gasteiger partial charge in [-0.3, -0.25) is 10.7 Å². The predicted molar refractivity (Wildman–Crippen MR) is 122 cm³/mol. The molecule has 2 heterocycles. The van der Waals surface area contributed by atoms with E-state index in [-0.39, 0.29) is 12.4 Å². The van der Waals surface area contributed by atoms with Gasteiger partial charge in [-0.1, -0.05) is 35.9 Å². The average molecular weight is 464 g/mol. The number of benzene rings is 2. The van der Waals surface area contributed by atoms with Crippen LogP contribution in [0, 0.1) is 13.8 Å². The third-order valence-corrected chi connectivity index (χ3v) is 4.21. The molecule has 0 bridgehead atoms. The van der Waals surface area contributed by atoms with Crippen molar-refractivity contribution in [3.8, 4) is 11.4 Å². The number of aliphatic hydroxyl groups is 1. The van der Waals surface area contributed by atoms with Crippen molar-refractivity contribution in [2.75, 3.05) is 23.9 Å². The largest absolute Gasteiger partial charge is 0.573 e. The number of alkyl halides is 3. The minimum Gasteiger partial charge on any atom is -0.406 e. The molecular weight excluding hydrogens is 437 g/mol. The summed E-state index contributed by atoms with van der Waals surface area (Å²) in [7, 11) is 0. The molecule has 3 aromatic rings. The number of halogens is 3. The van der Waals surface area contributed by atoms with Gasteiger partial charge in [0.2, 0.25) is 0 Å². The van der Waals surface area contributed by atoms with Gasteiger partial charge in [0.1, 0.15) is 5.75 Å². The lowest BCUT2D eigenvalue weighted by atomic mass is 10.1. The number of rotatable bonds is 3. The maximum Gasteiger partial charge on any atom is 0.573 e. The SMILES string of the molecule is CCO.Cc1cc(NO)n(-c2cccc3c2C=CCN3)n1.Cc1ccc(OC(F)(F)F)cc1. The van der Waals surface area contributed by atoms with E-state index < -0.39 is 6.36 Å². The van der Waals surface area contributed by atoms with E-state index in [4.69, 9.17) is 10.3 Å².